The van der Waals surface area contributed by atoms with Gasteiger partial charge in [0.25, 0.3) is 0 Å². The van der Waals surface area contributed by atoms with Crippen LogP contribution < -0.4 is 29.0 Å². The average Bonchev–Trinajstić information content (AvgIpc) is 2.83. The monoisotopic (exact) mass is 458 g/mol. The van der Waals surface area contributed by atoms with Gasteiger partial charge < -0.3 is 29.0 Å². The quantitative estimate of drug-likeness (QED) is 0.335. The normalized spacial score (nSPS) is 10.7. The molecule has 0 bridgehead atoms. The molecule has 0 saturated heterocycles. The van der Waals surface area contributed by atoms with Crippen molar-refractivity contribution in [3.8, 4) is 28.7 Å². The Balaban J connectivity index is 2.02. The Morgan fingerprint density at radius 2 is 1.39 bits per heavy atom. The summed E-state index contributed by atoms with van der Waals surface area (Å²) in [6.45, 7) is 8.36. The summed E-state index contributed by atoms with van der Waals surface area (Å²) in [7, 11) is 8.18. The van der Waals surface area contributed by atoms with Crippen molar-refractivity contribution >= 4 is 0 Å². The van der Waals surface area contributed by atoms with Gasteiger partial charge in [0.2, 0.25) is 5.75 Å². The largest absolute Gasteiger partial charge is 0.493 e. The van der Waals surface area contributed by atoms with Crippen LogP contribution >= 0.6 is 0 Å². The third kappa shape index (κ3) is 7.87. The van der Waals surface area contributed by atoms with Crippen molar-refractivity contribution in [1.29, 1.82) is 0 Å². The SMILES string of the molecule is COc1ccc(CN(CC=C(C)C)CCNCc2cc(OC)c(OC)c(OC)c2)cc1OC. The molecule has 0 atom stereocenters. The molecule has 0 unspecified atom stereocenters. The third-order valence-electron chi connectivity index (χ3n) is 5.27. The molecule has 0 heterocycles. The summed E-state index contributed by atoms with van der Waals surface area (Å²) in [6.07, 6.45) is 2.25. The van der Waals surface area contributed by atoms with Gasteiger partial charge in [-0.05, 0) is 49.2 Å². The van der Waals surface area contributed by atoms with Gasteiger partial charge in [-0.2, -0.15) is 0 Å². The van der Waals surface area contributed by atoms with Gasteiger partial charge in [-0.3, -0.25) is 4.90 Å². The zero-order chi connectivity index (χ0) is 24.2. The first-order chi connectivity index (χ1) is 15.9. The molecule has 2 aromatic rings. The van der Waals surface area contributed by atoms with Crippen molar-refractivity contribution in [2.45, 2.75) is 26.9 Å². The summed E-state index contributed by atoms with van der Waals surface area (Å²) < 4.78 is 27.1. The maximum Gasteiger partial charge on any atom is 0.203 e. The lowest BCUT2D eigenvalue weighted by Crippen LogP contribution is -2.32. The van der Waals surface area contributed by atoms with E-state index in [1.807, 2.05) is 24.3 Å². The van der Waals surface area contributed by atoms with E-state index in [0.717, 1.165) is 43.2 Å². The molecular formula is C26H38N2O5. The van der Waals surface area contributed by atoms with Crippen LogP contribution in [0.1, 0.15) is 25.0 Å². The topological polar surface area (TPSA) is 61.4 Å². The Bertz CT molecular complexity index is 885. The molecule has 2 aromatic carbocycles. The van der Waals surface area contributed by atoms with Crippen LogP contribution in [0, 0.1) is 0 Å². The van der Waals surface area contributed by atoms with Gasteiger partial charge in [0.05, 0.1) is 35.5 Å². The Morgan fingerprint density at radius 1 is 0.788 bits per heavy atom. The molecule has 0 aliphatic carbocycles. The lowest BCUT2D eigenvalue weighted by molar-refractivity contribution is 0.291. The molecule has 7 nitrogen and oxygen atoms in total. The molecule has 0 amide bonds. The minimum atomic E-state index is 0.603. The lowest BCUT2D eigenvalue weighted by Gasteiger charge is -2.22. The number of ether oxygens (including phenoxy) is 5. The van der Waals surface area contributed by atoms with Crippen LogP contribution in [0.3, 0.4) is 0 Å². The van der Waals surface area contributed by atoms with Crippen LogP contribution in [-0.4, -0.2) is 60.1 Å². The predicted molar refractivity (Wildman–Crippen MR) is 132 cm³/mol. The molecule has 1 N–H and O–H groups in total. The number of hydrogen-bond donors (Lipinski definition) is 1. The van der Waals surface area contributed by atoms with E-state index in [1.165, 1.54) is 11.1 Å². The van der Waals surface area contributed by atoms with Gasteiger partial charge in [0.15, 0.2) is 23.0 Å². The second-order valence-corrected chi connectivity index (χ2v) is 7.92. The Hall–Kier alpha value is -2.90. The molecular weight excluding hydrogens is 420 g/mol. The molecule has 182 valence electrons. The van der Waals surface area contributed by atoms with Crippen LogP contribution in [-0.2, 0) is 13.1 Å². The fourth-order valence-corrected chi connectivity index (χ4v) is 3.49. The third-order valence-corrected chi connectivity index (χ3v) is 5.27. The summed E-state index contributed by atoms with van der Waals surface area (Å²) in [6, 6.07) is 10.0. The number of nitrogens with one attached hydrogen (secondary N) is 1. The van der Waals surface area contributed by atoms with Crippen molar-refractivity contribution in [2.24, 2.45) is 0 Å². The van der Waals surface area contributed by atoms with Gasteiger partial charge in [-0.15, -0.1) is 0 Å². The van der Waals surface area contributed by atoms with E-state index in [4.69, 9.17) is 23.7 Å². The first-order valence-corrected chi connectivity index (χ1v) is 11.0. The van der Waals surface area contributed by atoms with Gasteiger partial charge >= 0.3 is 0 Å². The Kier molecular flexibility index (Phi) is 10.9. The van der Waals surface area contributed by atoms with E-state index in [2.05, 4.69) is 36.2 Å². The van der Waals surface area contributed by atoms with Crippen molar-refractivity contribution in [3.63, 3.8) is 0 Å². The number of nitrogens with zero attached hydrogens (tertiary/aromatic N) is 1. The highest BCUT2D eigenvalue weighted by molar-refractivity contribution is 5.53. The van der Waals surface area contributed by atoms with Crippen molar-refractivity contribution in [3.05, 3.63) is 53.1 Å². The molecule has 0 fully saturated rings. The predicted octanol–water partition coefficient (Wildman–Crippen LogP) is 4.29. The number of methoxy groups -OCH3 is 5. The van der Waals surface area contributed by atoms with Crippen LogP contribution in [0.15, 0.2) is 42.0 Å². The maximum atomic E-state index is 5.46. The first kappa shape index (κ1) is 26.4. The summed E-state index contributed by atoms with van der Waals surface area (Å²) >= 11 is 0. The highest BCUT2D eigenvalue weighted by Crippen LogP contribution is 2.38. The fourth-order valence-electron chi connectivity index (χ4n) is 3.49. The molecule has 0 aromatic heterocycles. The minimum absolute atomic E-state index is 0.603. The smallest absolute Gasteiger partial charge is 0.203 e. The summed E-state index contributed by atoms with van der Waals surface area (Å²) in [5, 5.41) is 3.53. The summed E-state index contributed by atoms with van der Waals surface area (Å²) in [4.78, 5) is 2.40. The second-order valence-electron chi connectivity index (χ2n) is 7.92. The zero-order valence-electron chi connectivity index (χ0n) is 21.0. The Morgan fingerprint density at radius 3 is 1.94 bits per heavy atom. The van der Waals surface area contributed by atoms with E-state index in [9.17, 15) is 0 Å². The highest BCUT2D eigenvalue weighted by Gasteiger charge is 2.13. The molecule has 0 aliphatic heterocycles. The summed E-state index contributed by atoms with van der Waals surface area (Å²) in [5.74, 6) is 3.41. The van der Waals surface area contributed by atoms with Gasteiger partial charge in [0.1, 0.15) is 0 Å². The van der Waals surface area contributed by atoms with Gasteiger partial charge in [-0.25, -0.2) is 0 Å². The molecule has 0 spiro atoms. The number of hydrogen-bond acceptors (Lipinski definition) is 7. The molecule has 2 rings (SSSR count). The van der Waals surface area contributed by atoms with E-state index >= 15 is 0 Å². The van der Waals surface area contributed by atoms with Crippen LogP contribution in [0.2, 0.25) is 0 Å². The zero-order valence-corrected chi connectivity index (χ0v) is 21.0. The van der Waals surface area contributed by atoms with Gasteiger partial charge in [0, 0.05) is 32.7 Å². The first-order valence-electron chi connectivity index (χ1n) is 11.0. The van der Waals surface area contributed by atoms with E-state index in [-0.39, 0.29) is 0 Å². The van der Waals surface area contributed by atoms with Crippen molar-refractivity contribution in [1.82, 2.24) is 10.2 Å². The number of allylic oxidation sites excluding steroid dienone is 1. The van der Waals surface area contributed by atoms with Crippen LogP contribution in [0.25, 0.3) is 0 Å². The standard InChI is InChI=1S/C26H38N2O5/c1-19(2)10-12-28(18-20-8-9-22(29-3)23(14-20)30-4)13-11-27-17-21-15-24(31-5)26(33-7)25(16-21)32-6/h8-10,14-16,27H,11-13,17-18H2,1-7H3. The number of benzene rings is 2. The fraction of sp³-hybridized carbons (Fsp3) is 0.462. The Labute approximate surface area is 198 Å². The minimum Gasteiger partial charge on any atom is -0.493 e. The van der Waals surface area contributed by atoms with Gasteiger partial charge in [-0.1, -0.05) is 17.7 Å². The molecule has 0 radical (unpaired) electrons. The van der Waals surface area contributed by atoms with Crippen LogP contribution in [0.5, 0.6) is 28.7 Å². The number of rotatable bonds is 14. The highest BCUT2D eigenvalue weighted by atomic mass is 16.5. The maximum absolute atomic E-state index is 5.46. The average molecular weight is 459 g/mol. The summed E-state index contributed by atoms with van der Waals surface area (Å²) in [5.41, 5.74) is 3.55. The molecule has 33 heavy (non-hydrogen) atoms. The lowest BCUT2D eigenvalue weighted by atomic mass is 10.1. The van der Waals surface area contributed by atoms with E-state index in [1.54, 1.807) is 35.5 Å². The van der Waals surface area contributed by atoms with E-state index < -0.39 is 0 Å². The molecule has 0 saturated carbocycles. The molecule has 0 aliphatic rings. The van der Waals surface area contributed by atoms with Crippen molar-refractivity contribution < 1.29 is 23.7 Å². The second kappa shape index (κ2) is 13.6. The van der Waals surface area contributed by atoms with Crippen molar-refractivity contribution in [2.75, 3.05) is 55.2 Å². The molecule has 7 heteroatoms. The van der Waals surface area contributed by atoms with Crippen LogP contribution in [0.4, 0.5) is 0 Å². The van der Waals surface area contributed by atoms with E-state index in [0.29, 0.717) is 23.8 Å².